The van der Waals surface area contributed by atoms with Crippen LogP contribution in [0.4, 0.5) is 15.9 Å². The number of ether oxygens (including phenoxy) is 1. The Hall–Kier alpha value is -2.94. The first-order valence-corrected chi connectivity index (χ1v) is 11.8. The highest BCUT2D eigenvalue weighted by molar-refractivity contribution is 6.39. The van der Waals surface area contributed by atoms with Crippen LogP contribution in [0, 0.1) is 5.92 Å². The van der Waals surface area contributed by atoms with Crippen molar-refractivity contribution in [3.8, 4) is 0 Å². The average molecular weight is 478 g/mol. The number of nitrogens with zero attached hydrogens (tertiary/aromatic N) is 3. The summed E-state index contributed by atoms with van der Waals surface area (Å²) in [6.07, 6.45) is 7.09. The number of anilines is 2. The van der Waals surface area contributed by atoms with E-state index in [1.807, 2.05) is 52.8 Å². The molecule has 0 spiro atoms. The van der Waals surface area contributed by atoms with E-state index < -0.39 is 11.8 Å². The molecule has 0 atom stereocenters. The predicted molar refractivity (Wildman–Crippen MR) is 135 cm³/mol. The highest BCUT2D eigenvalue weighted by Gasteiger charge is 2.21. The van der Waals surface area contributed by atoms with Gasteiger partial charge in [0.05, 0.1) is 11.9 Å². The van der Waals surface area contributed by atoms with E-state index in [0.29, 0.717) is 55.7 Å². The largest absolute Gasteiger partial charge is 0.490 e. The standard InChI is InChI=1S/C15H24N4O2.C10H16FNO/c1-5-11-7-12(8-17-13(11)16)18-14(20)15(21)19(6-2)9-10(3)4;1-12(2)7-8-13-10-6-4-3-5-9(10)11/h7-8,10H,5-6,9H2,1-4H3,(H2,16,17)(H,18,20);4,6H,3,5,7-8H2,1-2H3. The molecule has 1 aliphatic carbocycles. The van der Waals surface area contributed by atoms with Crippen molar-refractivity contribution in [2.75, 3.05) is 51.4 Å². The summed E-state index contributed by atoms with van der Waals surface area (Å²) in [5.74, 6) is -0.134. The summed E-state index contributed by atoms with van der Waals surface area (Å²) in [7, 11) is 3.93. The Balaban J connectivity index is 0.000000380. The molecule has 190 valence electrons. The fourth-order valence-corrected chi connectivity index (χ4v) is 3.08. The zero-order chi connectivity index (χ0) is 25.7. The Morgan fingerprint density at radius 3 is 2.56 bits per heavy atom. The minimum Gasteiger partial charge on any atom is -0.490 e. The van der Waals surface area contributed by atoms with Crippen molar-refractivity contribution in [3.05, 3.63) is 41.6 Å². The van der Waals surface area contributed by atoms with E-state index in [-0.39, 0.29) is 5.83 Å². The van der Waals surface area contributed by atoms with Gasteiger partial charge in [0, 0.05) is 26.1 Å². The van der Waals surface area contributed by atoms with Crippen LogP contribution < -0.4 is 11.1 Å². The number of aromatic nitrogens is 1. The van der Waals surface area contributed by atoms with Crippen LogP contribution in [0.25, 0.3) is 0 Å². The molecule has 0 radical (unpaired) electrons. The maximum absolute atomic E-state index is 13.1. The number of aryl methyl sites for hydroxylation is 1. The van der Waals surface area contributed by atoms with Gasteiger partial charge in [0.2, 0.25) is 0 Å². The highest BCUT2D eigenvalue weighted by atomic mass is 19.1. The van der Waals surface area contributed by atoms with Crippen molar-refractivity contribution >= 4 is 23.3 Å². The van der Waals surface area contributed by atoms with Crippen LogP contribution in [-0.2, 0) is 20.7 Å². The quantitative estimate of drug-likeness (QED) is 0.525. The molecule has 1 aromatic heterocycles. The molecule has 0 saturated heterocycles. The van der Waals surface area contributed by atoms with E-state index in [1.54, 1.807) is 12.1 Å². The number of amides is 2. The molecular formula is C25H40FN5O3. The van der Waals surface area contributed by atoms with E-state index in [0.717, 1.165) is 18.5 Å². The minimum absolute atomic E-state index is 0.124. The summed E-state index contributed by atoms with van der Waals surface area (Å²) < 4.78 is 18.3. The lowest BCUT2D eigenvalue weighted by molar-refractivity contribution is -0.143. The molecule has 9 heteroatoms. The molecule has 0 saturated carbocycles. The molecule has 0 aliphatic heterocycles. The molecule has 0 unspecified atom stereocenters. The van der Waals surface area contributed by atoms with E-state index >= 15 is 0 Å². The number of carbonyl (C=O) groups is 2. The number of allylic oxidation sites excluding steroid dienone is 3. The molecule has 8 nitrogen and oxygen atoms in total. The van der Waals surface area contributed by atoms with Gasteiger partial charge < -0.3 is 25.6 Å². The molecule has 0 aromatic carbocycles. The number of likely N-dealkylation sites (N-methyl/N-ethyl adjacent to an activating group) is 2. The molecule has 0 bridgehead atoms. The topological polar surface area (TPSA) is 101 Å². The molecule has 0 fully saturated rings. The molecule has 1 aliphatic rings. The fourth-order valence-electron chi connectivity index (χ4n) is 3.08. The summed E-state index contributed by atoms with van der Waals surface area (Å²) in [5, 5.41) is 2.58. The van der Waals surface area contributed by atoms with Crippen LogP contribution in [-0.4, -0.2) is 66.9 Å². The number of halogens is 1. The number of nitrogens with two attached hydrogens (primary N) is 1. The summed E-state index contributed by atoms with van der Waals surface area (Å²) in [6, 6.07) is 1.74. The maximum Gasteiger partial charge on any atom is 0.313 e. The van der Waals surface area contributed by atoms with Crippen LogP contribution in [0.2, 0.25) is 0 Å². The minimum atomic E-state index is -0.647. The number of hydrogen-bond donors (Lipinski definition) is 2. The van der Waals surface area contributed by atoms with Gasteiger partial charge in [0.15, 0.2) is 0 Å². The fraction of sp³-hybridized carbons (Fsp3) is 0.560. The number of nitrogen functional groups attached to an aromatic ring is 1. The number of hydrogen-bond acceptors (Lipinski definition) is 6. The van der Waals surface area contributed by atoms with Crippen molar-refractivity contribution in [3.63, 3.8) is 0 Å². The lowest BCUT2D eigenvalue weighted by atomic mass is 10.1. The lowest BCUT2D eigenvalue weighted by Gasteiger charge is -2.22. The first kappa shape index (κ1) is 29.1. The Labute approximate surface area is 203 Å². The number of nitrogens with one attached hydrogen (secondary N) is 1. The summed E-state index contributed by atoms with van der Waals surface area (Å²) in [5.41, 5.74) is 7.04. The number of pyridine rings is 1. The first-order valence-electron chi connectivity index (χ1n) is 11.8. The second kappa shape index (κ2) is 15.1. The van der Waals surface area contributed by atoms with Crippen molar-refractivity contribution in [1.29, 1.82) is 0 Å². The third kappa shape index (κ3) is 10.3. The average Bonchev–Trinajstić information content (AvgIpc) is 2.79. The van der Waals surface area contributed by atoms with Crippen LogP contribution in [0.3, 0.4) is 0 Å². The first-order chi connectivity index (χ1) is 16.1. The van der Waals surface area contributed by atoms with Gasteiger partial charge in [-0.1, -0.05) is 26.8 Å². The van der Waals surface area contributed by atoms with Crippen LogP contribution >= 0.6 is 0 Å². The van der Waals surface area contributed by atoms with E-state index in [9.17, 15) is 14.0 Å². The van der Waals surface area contributed by atoms with E-state index in [2.05, 4.69) is 10.3 Å². The van der Waals surface area contributed by atoms with Crippen LogP contribution in [0.1, 0.15) is 46.1 Å². The highest BCUT2D eigenvalue weighted by Crippen LogP contribution is 2.20. The monoisotopic (exact) mass is 477 g/mol. The summed E-state index contributed by atoms with van der Waals surface area (Å²) in [4.78, 5) is 31.7. The normalized spacial score (nSPS) is 13.0. The Bertz CT molecular complexity index is 868. The summed E-state index contributed by atoms with van der Waals surface area (Å²) >= 11 is 0. The van der Waals surface area contributed by atoms with Gasteiger partial charge in [-0.25, -0.2) is 9.37 Å². The SMILES string of the molecule is CCc1cc(NC(=O)C(=O)N(CC)CC(C)C)cnc1N.CN(C)CCOC1=C(F)CCC=C1. The molecule has 2 amide bonds. The number of rotatable bonds is 9. The molecule has 1 aromatic rings. The predicted octanol–water partition coefficient (Wildman–Crippen LogP) is 3.76. The third-order valence-electron chi connectivity index (χ3n) is 4.95. The van der Waals surface area contributed by atoms with Gasteiger partial charge in [0.25, 0.3) is 0 Å². The lowest BCUT2D eigenvalue weighted by Crippen LogP contribution is -2.41. The van der Waals surface area contributed by atoms with Gasteiger partial charge in [0.1, 0.15) is 24.0 Å². The van der Waals surface area contributed by atoms with Gasteiger partial charge in [-0.05, 0) is 57.5 Å². The second-order valence-electron chi connectivity index (χ2n) is 8.68. The zero-order valence-corrected chi connectivity index (χ0v) is 21.4. The van der Waals surface area contributed by atoms with E-state index in [4.69, 9.17) is 10.5 Å². The second-order valence-corrected chi connectivity index (χ2v) is 8.68. The Morgan fingerprint density at radius 2 is 2.00 bits per heavy atom. The third-order valence-corrected chi connectivity index (χ3v) is 4.95. The van der Waals surface area contributed by atoms with Crippen molar-refractivity contribution in [1.82, 2.24) is 14.8 Å². The van der Waals surface area contributed by atoms with Gasteiger partial charge in [-0.3, -0.25) is 9.59 Å². The Morgan fingerprint density at radius 1 is 1.29 bits per heavy atom. The smallest absolute Gasteiger partial charge is 0.313 e. The molecule has 1 heterocycles. The zero-order valence-electron chi connectivity index (χ0n) is 21.4. The van der Waals surface area contributed by atoms with Crippen LogP contribution in [0.5, 0.6) is 0 Å². The van der Waals surface area contributed by atoms with Crippen molar-refractivity contribution in [2.24, 2.45) is 5.92 Å². The molecular weight excluding hydrogens is 437 g/mol. The summed E-state index contributed by atoms with van der Waals surface area (Å²) in [6.45, 7) is 10.2. The molecule has 34 heavy (non-hydrogen) atoms. The van der Waals surface area contributed by atoms with Gasteiger partial charge in [-0.2, -0.15) is 0 Å². The Kier molecular flexibility index (Phi) is 12.9. The molecule has 3 N–H and O–H groups in total. The van der Waals surface area contributed by atoms with Crippen molar-refractivity contribution < 1.29 is 18.7 Å². The van der Waals surface area contributed by atoms with Gasteiger partial charge >= 0.3 is 11.8 Å². The van der Waals surface area contributed by atoms with Crippen molar-refractivity contribution in [2.45, 2.75) is 47.0 Å². The maximum atomic E-state index is 13.1. The van der Waals surface area contributed by atoms with E-state index in [1.165, 1.54) is 11.1 Å². The molecule has 2 rings (SSSR count). The van der Waals surface area contributed by atoms with Crippen LogP contribution in [0.15, 0.2) is 36.0 Å². The van der Waals surface area contributed by atoms with Gasteiger partial charge in [-0.15, -0.1) is 0 Å². The number of carbonyl (C=O) groups excluding carboxylic acids is 2.